The molecule has 2 aromatic heterocycles. The van der Waals surface area contributed by atoms with Crippen LogP contribution in [0.25, 0.3) is 5.69 Å². The minimum absolute atomic E-state index is 0.130. The molecular weight excluding hydrogens is 397 g/mol. The molecular formula is C17H21F3N4O3S. The lowest BCUT2D eigenvalue weighted by Crippen LogP contribution is -2.32. The van der Waals surface area contributed by atoms with E-state index in [0.717, 1.165) is 0 Å². The normalized spacial score (nSPS) is 12.8. The minimum atomic E-state index is -4.36. The Balaban J connectivity index is 2.06. The quantitative estimate of drug-likeness (QED) is 0.486. The first-order valence-corrected chi connectivity index (χ1v) is 10.1. The molecule has 0 aromatic carbocycles. The minimum Gasteiger partial charge on any atom is -0.619 e. The molecule has 0 radical (unpaired) electrons. The Bertz CT molecular complexity index is 854. The van der Waals surface area contributed by atoms with Gasteiger partial charge in [-0.15, -0.1) is 0 Å². The summed E-state index contributed by atoms with van der Waals surface area (Å²) in [6, 6.07) is 3.25. The van der Waals surface area contributed by atoms with Crippen LogP contribution in [0.3, 0.4) is 0 Å². The average Bonchev–Trinajstić information content (AvgIpc) is 3.00. The van der Waals surface area contributed by atoms with Crippen LogP contribution in [0.1, 0.15) is 25.5 Å². The Morgan fingerprint density at radius 3 is 2.71 bits per heavy atom. The van der Waals surface area contributed by atoms with Crippen LogP contribution in [0.2, 0.25) is 0 Å². The van der Waals surface area contributed by atoms with Gasteiger partial charge in [0.25, 0.3) is 0 Å². The second-order valence-corrected chi connectivity index (χ2v) is 7.76. The topological polar surface area (TPSA) is 82.1 Å². The summed E-state index contributed by atoms with van der Waals surface area (Å²) >= 11 is 0. The van der Waals surface area contributed by atoms with Gasteiger partial charge >= 0.3 is 6.18 Å². The third kappa shape index (κ3) is 6.04. The lowest BCUT2D eigenvalue weighted by Gasteiger charge is -2.20. The van der Waals surface area contributed by atoms with E-state index in [4.69, 9.17) is 0 Å². The van der Waals surface area contributed by atoms with E-state index in [-0.39, 0.29) is 18.1 Å². The van der Waals surface area contributed by atoms with Crippen LogP contribution in [0.4, 0.5) is 18.9 Å². The van der Waals surface area contributed by atoms with Crippen LogP contribution < -0.4 is 9.63 Å². The zero-order valence-electron chi connectivity index (χ0n) is 15.5. The van der Waals surface area contributed by atoms with Gasteiger partial charge in [-0.2, -0.15) is 23.0 Å². The first-order valence-electron chi connectivity index (χ1n) is 8.58. The zero-order valence-corrected chi connectivity index (χ0v) is 16.3. The Kier molecular flexibility index (Phi) is 7.17. The number of carbonyl (C=O) groups excluding carboxylic acids is 1. The average molecular weight is 418 g/mol. The molecule has 2 aromatic rings. The molecule has 7 nitrogen and oxygen atoms in total. The highest BCUT2D eigenvalue weighted by atomic mass is 32.2. The van der Waals surface area contributed by atoms with E-state index in [1.807, 2.05) is 0 Å². The van der Waals surface area contributed by atoms with Crippen molar-refractivity contribution in [2.45, 2.75) is 32.9 Å². The number of alkyl halides is 3. The van der Waals surface area contributed by atoms with Crippen molar-refractivity contribution in [2.24, 2.45) is 0 Å². The summed E-state index contributed by atoms with van der Waals surface area (Å²) in [5.41, 5.74) is 1.59. The third-order valence-corrected chi connectivity index (χ3v) is 5.28. The van der Waals surface area contributed by atoms with Gasteiger partial charge in [-0.3, -0.25) is 9.00 Å². The van der Waals surface area contributed by atoms with Gasteiger partial charge in [-0.1, -0.05) is 0 Å². The van der Waals surface area contributed by atoms with Crippen LogP contribution in [0.5, 0.6) is 0 Å². The fourth-order valence-corrected chi connectivity index (χ4v) is 3.64. The van der Waals surface area contributed by atoms with Crippen molar-refractivity contribution >= 4 is 22.4 Å². The van der Waals surface area contributed by atoms with Crippen molar-refractivity contribution in [3.8, 4) is 5.69 Å². The molecule has 1 unspecified atom stereocenters. The Hall–Kier alpha value is -2.43. The smallest absolute Gasteiger partial charge is 0.390 e. The highest BCUT2D eigenvalue weighted by Gasteiger charge is 2.28. The monoisotopic (exact) mass is 418 g/mol. The van der Waals surface area contributed by atoms with Crippen molar-refractivity contribution in [2.75, 3.05) is 23.0 Å². The van der Waals surface area contributed by atoms with Gasteiger partial charge in [-0.25, -0.2) is 4.68 Å². The molecule has 0 bridgehead atoms. The van der Waals surface area contributed by atoms with E-state index in [1.54, 1.807) is 32.2 Å². The Labute approximate surface area is 162 Å². The maximum absolute atomic E-state index is 12.5. The van der Waals surface area contributed by atoms with Crippen molar-refractivity contribution < 1.29 is 26.9 Å². The number of hydrogen-bond acceptors (Lipinski definition) is 4. The highest BCUT2D eigenvalue weighted by molar-refractivity contribution is 7.84. The lowest BCUT2D eigenvalue weighted by atomic mass is 10.3. The maximum Gasteiger partial charge on any atom is 0.390 e. The van der Waals surface area contributed by atoms with E-state index in [2.05, 4.69) is 5.10 Å². The van der Waals surface area contributed by atoms with E-state index in [1.165, 1.54) is 22.0 Å². The summed E-state index contributed by atoms with van der Waals surface area (Å²) in [6.45, 7) is 3.78. The number of pyridine rings is 1. The van der Waals surface area contributed by atoms with Crippen molar-refractivity contribution in [3.63, 3.8) is 0 Å². The summed E-state index contributed by atoms with van der Waals surface area (Å²) in [7, 11) is -1.72. The molecule has 0 aliphatic carbocycles. The van der Waals surface area contributed by atoms with Gasteiger partial charge in [0.05, 0.1) is 24.0 Å². The molecule has 2 rings (SSSR count). The first-order chi connectivity index (χ1) is 13.1. The Morgan fingerprint density at radius 1 is 1.39 bits per heavy atom. The van der Waals surface area contributed by atoms with E-state index >= 15 is 0 Å². The van der Waals surface area contributed by atoms with Crippen LogP contribution in [-0.2, 0) is 15.6 Å². The number of aryl methyl sites for hydroxylation is 1. The summed E-state index contributed by atoms with van der Waals surface area (Å²) in [5.74, 6) is -0.992. The number of aromatic nitrogens is 3. The molecule has 0 aliphatic rings. The molecule has 0 spiro atoms. The fourth-order valence-electron chi connectivity index (χ4n) is 2.58. The zero-order chi connectivity index (χ0) is 20.9. The van der Waals surface area contributed by atoms with Crippen LogP contribution in [-0.4, -0.2) is 44.1 Å². The number of hydrogen-bond donors (Lipinski definition) is 0. The number of halogens is 3. The molecule has 1 amide bonds. The van der Waals surface area contributed by atoms with Crippen molar-refractivity contribution in [1.29, 1.82) is 0 Å². The maximum atomic E-state index is 12.5. The van der Waals surface area contributed by atoms with Gasteiger partial charge in [0, 0.05) is 41.3 Å². The summed E-state index contributed by atoms with van der Waals surface area (Å²) < 4.78 is 50.4. The standard InChI is InChI=1S/C17H21F3N4O3S/c1-3-23(16(25)6-9-28(27)10-7-17(18,19)20)15-12-24(21-13(15)2)14-5-4-8-22(26)11-14/h4-5,8,11-12H,3,6-7,9-10H2,1-2H3. The molecule has 0 N–H and O–H groups in total. The number of carbonyl (C=O) groups is 1. The number of nitrogens with zero attached hydrogens (tertiary/aromatic N) is 4. The summed E-state index contributed by atoms with van der Waals surface area (Å²) in [4.78, 5) is 13.9. The molecule has 0 fully saturated rings. The molecule has 0 saturated carbocycles. The van der Waals surface area contributed by atoms with Crippen molar-refractivity contribution in [1.82, 2.24) is 9.78 Å². The second-order valence-electron chi connectivity index (χ2n) is 6.07. The van der Waals surface area contributed by atoms with Gasteiger partial charge in [-0.05, 0) is 19.9 Å². The van der Waals surface area contributed by atoms with E-state index < -0.39 is 29.1 Å². The van der Waals surface area contributed by atoms with E-state index in [0.29, 0.717) is 28.3 Å². The fraction of sp³-hybridized carbons (Fsp3) is 0.471. The second kappa shape index (κ2) is 9.18. The molecule has 0 aliphatic heterocycles. The molecule has 154 valence electrons. The van der Waals surface area contributed by atoms with Gasteiger partial charge in [0.1, 0.15) is 5.69 Å². The molecule has 2 heterocycles. The Morgan fingerprint density at radius 2 is 2.11 bits per heavy atom. The summed E-state index contributed by atoms with van der Waals surface area (Å²) in [6.07, 6.45) is -1.35. The molecule has 0 saturated heterocycles. The number of amides is 1. The predicted octanol–water partition coefficient (Wildman–Crippen LogP) is 2.26. The van der Waals surface area contributed by atoms with Gasteiger partial charge in [0.2, 0.25) is 12.1 Å². The first kappa shape index (κ1) is 21.9. The highest BCUT2D eigenvalue weighted by Crippen LogP contribution is 2.22. The third-order valence-electron chi connectivity index (χ3n) is 3.96. The SMILES string of the molecule is CCN(C(=O)CCS(=O)CCC(F)(F)F)c1cn(-c2ccc[n+]([O-])c2)nc1C. The molecule has 28 heavy (non-hydrogen) atoms. The number of anilines is 1. The van der Waals surface area contributed by atoms with Gasteiger partial charge < -0.3 is 10.1 Å². The van der Waals surface area contributed by atoms with Crippen LogP contribution in [0, 0.1) is 12.1 Å². The molecule has 1 atom stereocenters. The molecule has 11 heteroatoms. The van der Waals surface area contributed by atoms with Gasteiger partial charge in [0.15, 0.2) is 6.20 Å². The van der Waals surface area contributed by atoms with Crippen molar-refractivity contribution in [3.05, 3.63) is 41.6 Å². The lowest BCUT2D eigenvalue weighted by molar-refractivity contribution is -0.605. The number of rotatable bonds is 8. The largest absolute Gasteiger partial charge is 0.619 e. The van der Waals surface area contributed by atoms with E-state index in [9.17, 15) is 27.4 Å². The van der Waals surface area contributed by atoms with Crippen LogP contribution >= 0.6 is 0 Å². The predicted molar refractivity (Wildman–Crippen MR) is 98.5 cm³/mol. The van der Waals surface area contributed by atoms with Crippen LogP contribution in [0.15, 0.2) is 30.7 Å². The summed E-state index contributed by atoms with van der Waals surface area (Å²) in [5, 5.41) is 15.7.